The first-order chi connectivity index (χ1) is 12.8. The molecule has 0 aromatic heterocycles. The normalized spacial score (nSPS) is 48.1. The van der Waals surface area contributed by atoms with Crippen molar-refractivity contribution in [2.45, 2.75) is 110 Å². The SMILES string of the molecule is CC1C2C(C3CCCCC3)CCCC2C2CCCC(C3CCCCC3)C12. The second-order valence-electron chi connectivity index (χ2n) is 11.3. The van der Waals surface area contributed by atoms with Crippen molar-refractivity contribution in [1.29, 1.82) is 0 Å². The highest BCUT2D eigenvalue weighted by Gasteiger charge is 2.56. The van der Waals surface area contributed by atoms with Crippen molar-refractivity contribution in [1.82, 2.24) is 0 Å². The lowest BCUT2D eigenvalue weighted by Crippen LogP contribution is -2.35. The minimum Gasteiger partial charge on any atom is -0.0619 e. The van der Waals surface area contributed by atoms with Crippen LogP contribution in [0.1, 0.15) is 110 Å². The summed E-state index contributed by atoms with van der Waals surface area (Å²) < 4.78 is 0. The Bertz CT molecular complexity index is 413. The summed E-state index contributed by atoms with van der Waals surface area (Å²) in [6.07, 6.45) is 25.2. The van der Waals surface area contributed by atoms with Crippen molar-refractivity contribution in [3.63, 3.8) is 0 Å². The third-order valence-corrected chi connectivity index (χ3v) is 10.4. The van der Waals surface area contributed by atoms with Gasteiger partial charge in [0, 0.05) is 0 Å². The Morgan fingerprint density at radius 1 is 0.385 bits per heavy atom. The van der Waals surface area contributed by atoms with Crippen molar-refractivity contribution in [2.24, 2.45) is 53.3 Å². The highest BCUT2D eigenvalue weighted by atomic mass is 14.6. The molecular formula is C26H44. The first-order valence-electron chi connectivity index (χ1n) is 12.8. The smallest absolute Gasteiger partial charge is 0.0323 e. The minimum absolute atomic E-state index is 1.06. The number of hydrogen-bond donors (Lipinski definition) is 0. The van der Waals surface area contributed by atoms with Crippen molar-refractivity contribution in [3.8, 4) is 0 Å². The van der Waals surface area contributed by atoms with E-state index in [4.69, 9.17) is 0 Å². The predicted molar refractivity (Wildman–Crippen MR) is 111 cm³/mol. The third kappa shape index (κ3) is 3.10. The highest BCUT2D eigenvalue weighted by Crippen LogP contribution is 2.63. The summed E-state index contributed by atoms with van der Waals surface area (Å²) in [7, 11) is 0. The van der Waals surface area contributed by atoms with Gasteiger partial charge in [-0.05, 0) is 78.9 Å². The second kappa shape index (κ2) is 7.79. The molecular weight excluding hydrogens is 312 g/mol. The highest BCUT2D eigenvalue weighted by molar-refractivity contribution is 5.05. The molecule has 0 aromatic rings. The van der Waals surface area contributed by atoms with Crippen LogP contribution in [0.25, 0.3) is 0 Å². The maximum Gasteiger partial charge on any atom is -0.0323 e. The molecule has 0 amide bonds. The molecule has 148 valence electrons. The van der Waals surface area contributed by atoms with Crippen LogP contribution in [0.5, 0.6) is 0 Å². The number of fused-ring (bicyclic) bond motifs is 3. The molecule has 0 N–H and O–H groups in total. The zero-order chi connectivity index (χ0) is 17.5. The predicted octanol–water partition coefficient (Wildman–Crippen LogP) is 7.86. The summed E-state index contributed by atoms with van der Waals surface area (Å²) in [5.41, 5.74) is 0. The molecule has 5 aliphatic carbocycles. The van der Waals surface area contributed by atoms with Gasteiger partial charge >= 0.3 is 0 Å². The van der Waals surface area contributed by atoms with Crippen LogP contribution in [-0.2, 0) is 0 Å². The van der Waals surface area contributed by atoms with Gasteiger partial charge in [-0.1, -0.05) is 84.0 Å². The molecule has 5 saturated carbocycles. The van der Waals surface area contributed by atoms with Crippen LogP contribution in [0, 0.1) is 53.3 Å². The molecule has 0 spiro atoms. The van der Waals surface area contributed by atoms with Gasteiger partial charge < -0.3 is 0 Å². The fourth-order valence-electron chi connectivity index (χ4n) is 9.62. The molecule has 0 radical (unpaired) electrons. The number of hydrogen-bond acceptors (Lipinski definition) is 0. The maximum atomic E-state index is 2.75. The summed E-state index contributed by atoms with van der Waals surface area (Å²) in [4.78, 5) is 0. The van der Waals surface area contributed by atoms with Gasteiger partial charge in [0.05, 0.1) is 0 Å². The van der Waals surface area contributed by atoms with E-state index in [1.807, 2.05) is 0 Å². The van der Waals surface area contributed by atoms with E-state index in [1.54, 1.807) is 89.9 Å². The van der Waals surface area contributed by atoms with Crippen LogP contribution in [0.15, 0.2) is 0 Å². The average molecular weight is 357 g/mol. The standard InChI is InChI=1S/C26H44/c1-18-25-21(19-10-4-2-5-11-19)14-8-16-23(25)24-17-9-15-22(26(18)24)20-12-6-3-7-13-20/h18-26H,2-17H2,1H3. The third-order valence-electron chi connectivity index (χ3n) is 10.4. The van der Waals surface area contributed by atoms with Crippen molar-refractivity contribution in [3.05, 3.63) is 0 Å². The molecule has 0 aliphatic heterocycles. The van der Waals surface area contributed by atoms with Crippen molar-refractivity contribution in [2.75, 3.05) is 0 Å². The topological polar surface area (TPSA) is 0 Å². The Morgan fingerprint density at radius 3 is 1.19 bits per heavy atom. The summed E-state index contributed by atoms with van der Waals surface area (Å²) in [6.45, 7) is 2.75. The lowest BCUT2D eigenvalue weighted by molar-refractivity contribution is 0.0628. The minimum atomic E-state index is 1.06. The van der Waals surface area contributed by atoms with Gasteiger partial charge in [-0.25, -0.2) is 0 Å². The monoisotopic (exact) mass is 356 g/mol. The molecule has 0 nitrogen and oxygen atoms in total. The van der Waals surface area contributed by atoms with Crippen LogP contribution in [0.2, 0.25) is 0 Å². The van der Waals surface area contributed by atoms with Crippen molar-refractivity contribution < 1.29 is 0 Å². The largest absolute Gasteiger partial charge is 0.0619 e. The Morgan fingerprint density at radius 2 is 0.769 bits per heavy atom. The van der Waals surface area contributed by atoms with Crippen LogP contribution >= 0.6 is 0 Å². The summed E-state index contributed by atoms with van der Waals surface area (Å²) in [5.74, 6) is 10.1. The lowest BCUT2D eigenvalue weighted by Gasteiger charge is -2.43. The molecule has 0 heterocycles. The Kier molecular flexibility index (Phi) is 5.41. The van der Waals surface area contributed by atoms with Gasteiger partial charge in [0.25, 0.3) is 0 Å². The van der Waals surface area contributed by atoms with Crippen LogP contribution in [0.3, 0.4) is 0 Å². The zero-order valence-corrected chi connectivity index (χ0v) is 17.5. The zero-order valence-electron chi connectivity index (χ0n) is 17.5. The van der Waals surface area contributed by atoms with E-state index in [9.17, 15) is 0 Å². The summed E-state index contributed by atoms with van der Waals surface area (Å²) in [6, 6.07) is 0. The van der Waals surface area contributed by atoms with E-state index in [0.717, 1.165) is 53.3 Å². The second-order valence-corrected chi connectivity index (χ2v) is 11.3. The molecule has 26 heavy (non-hydrogen) atoms. The molecule has 5 fully saturated rings. The fourth-order valence-corrected chi connectivity index (χ4v) is 9.62. The Balaban J connectivity index is 1.38. The maximum absolute atomic E-state index is 2.75. The molecule has 6 atom stereocenters. The van der Waals surface area contributed by atoms with Crippen LogP contribution < -0.4 is 0 Å². The van der Waals surface area contributed by atoms with E-state index in [2.05, 4.69) is 6.92 Å². The summed E-state index contributed by atoms with van der Waals surface area (Å²) >= 11 is 0. The molecule has 0 heteroatoms. The van der Waals surface area contributed by atoms with Gasteiger partial charge in [-0.3, -0.25) is 0 Å². The van der Waals surface area contributed by atoms with E-state index in [-0.39, 0.29) is 0 Å². The average Bonchev–Trinajstić information content (AvgIpc) is 3.02. The molecule has 0 saturated heterocycles. The van der Waals surface area contributed by atoms with Gasteiger partial charge in [-0.15, -0.1) is 0 Å². The molecule has 6 unspecified atom stereocenters. The fraction of sp³-hybridized carbons (Fsp3) is 1.00. The molecule has 5 aliphatic rings. The van der Waals surface area contributed by atoms with E-state index in [1.165, 1.54) is 12.8 Å². The van der Waals surface area contributed by atoms with E-state index in [0.29, 0.717) is 0 Å². The molecule has 0 aromatic carbocycles. The Labute approximate surface area is 163 Å². The van der Waals surface area contributed by atoms with Gasteiger partial charge in [0.15, 0.2) is 0 Å². The number of rotatable bonds is 2. The van der Waals surface area contributed by atoms with E-state index >= 15 is 0 Å². The molecule has 5 rings (SSSR count). The van der Waals surface area contributed by atoms with Gasteiger partial charge in [-0.2, -0.15) is 0 Å². The lowest BCUT2D eigenvalue weighted by atomic mass is 9.62. The van der Waals surface area contributed by atoms with Gasteiger partial charge in [0.2, 0.25) is 0 Å². The first kappa shape index (κ1) is 18.1. The Hall–Kier alpha value is 0. The van der Waals surface area contributed by atoms with Crippen LogP contribution in [-0.4, -0.2) is 0 Å². The van der Waals surface area contributed by atoms with Crippen molar-refractivity contribution >= 4 is 0 Å². The van der Waals surface area contributed by atoms with Crippen LogP contribution in [0.4, 0.5) is 0 Å². The van der Waals surface area contributed by atoms with Gasteiger partial charge in [0.1, 0.15) is 0 Å². The first-order valence-corrected chi connectivity index (χ1v) is 12.8. The quantitative estimate of drug-likeness (QED) is 0.472. The molecule has 0 bridgehead atoms. The van der Waals surface area contributed by atoms with E-state index < -0.39 is 0 Å². The summed E-state index contributed by atoms with van der Waals surface area (Å²) in [5, 5.41) is 0.